The minimum atomic E-state index is -0.444. The van der Waals surface area contributed by atoms with Gasteiger partial charge in [0, 0.05) is 30.4 Å². The summed E-state index contributed by atoms with van der Waals surface area (Å²) in [5.41, 5.74) is 0.617. The molecule has 0 aromatic heterocycles. The summed E-state index contributed by atoms with van der Waals surface area (Å²) in [4.78, 5) is 27.6. The first-order valence-corrected chi connectivity index (χ1v) is 9.08. The van der Waals surface area contributed by atoms with Crippen LogP contribution >= 0.6 is 0 Å². The largest absolute Gasteiger partial charge is 0.325 e. The first kappa shape index (κ1) is 17.8. The van der Waals surface area contributed by atoms with Crippen LogP contribution in [0.1, 0.15) is 32.6 Å². The Labute approximate surface area is 148 Å². The van der Waals surface area contributed by atoms with Crippen molar-refractivity contribution in [2.75, 3.05) is 31.5 Å². The number of benzene rings is 1. The van der Waals surface area contributed by atoms with E-state index in [0.717, 1.165) is 19.5 Å². The number of nitro groups is 1. The summed E-state index contributed by atoms with van der Waals surface area (Å²) in [7, 11) is 0. The normalized spacial score (nSPS) is 23.3. The molecule has 1 N–H and O–H groups in total. The number of anilines is 1. The molecule has 2 aliphatic heterocycles. The minimum absolute atomic E-state index is 0.0236. The monoisotopic (exact) mass is 346 g/mol. The number of nitrogens with zero attached hydrogens (tertiary/aromatic N) is 3. The highest BCUT2D eigenvalue weighted by molar-refractivity contribution is 5.94. The van der Waals surface area contributed by atoms with Crippen LogP contribution in [0.25, 0.3) is 0 Å². The van der Waals surface area contributed by atoms with Crippen LogP contribution in [0.5, 0.6) is 0 Å². The zero-order chi connectivity index (χ0) is 17.8. The van der Waals surface area contributed by atoms with Gasteiger partial charge in [-0.05, 0) is 64.4 Å². The van der Waals surface area contributed by atoms with Crippen LogP contribution < -0.4 is 5.32 Å². The lowest BCUT2D eigenvalue weighted by atomic mass is 10.0. The number of rotatable bonds is 5. The number of piperidine rings is 1. The Morgan fingerprint density at radius 1 is 1.20 bits per heavy atom. The maximum Gasteiger partial charge on any atom is 0.269 e. The van der Waals surface area contributed by atoms with Gasteiger partial charge in [0.05, 0.1) is 11.0 Å². The van der Waals surface area contributed by atoms with Crippen molar-refractivity contribution in [3.05, 3.63) is 34.4 Å². The van der Waals surface area contributed by atoms with Crippen molar-refractivity contribution >= 4 is 17.3 Å². The molecule has 136 valence electrons. The van der Waals surface area contributed by atoms with Crippen LogP contribution in [0.4, 0.5) is 11.4 Å². The first-order chi connectivity index (χ1) is 12.0. The standard InChI is InChI=1S/C18H26N4O3/c1-14(18(23)19-15-6-8-16(9-7-15)22(24)25)21-12-4-5-17(13-21)20-10-2-3-11-20/h6-9,14,17H,2-5,10-13H2,1H3,(H,19,23)/t14-,17+/m0/s1. The number of amides is 1. The van der Waals surface area contributed by atoms with E-state index >= 15 is 0 Å². The number of likely N-dealkylation sites (tertiary alicyclic amines) is 2. The SMILES string of the molecule is C[C@@H](C(=O)Nc1ccc([N+](=O)[O-])cc1)N1CCC[C@@H](N2CCCC2)C1. The van der Waals surface area contributed by atoms with E-state index in [0.29, 0.717) is 11.7 Å². The van der Waals surface area contributed by atoms with Crippen molar-refractivity contribution in [2.24, 2.45) is 0 Å². The molecule has 2 atom stereocenters. The fourth-order valence-electron chi connectivity index (χ4n) is 3.82. The zero-order valence-electron chi connectivity index (χ0n) is 14.7. The molecule has 2 fully saturated rings. The summed E-state index contributed by atoms with van der Waals surface area (Å²) in [6.07, 6.45) is 4.91. The number of carbonyl (C=O) groups excluding carboxylic acids is 1. The summed E-state index contributed by atoms with van der Waals surface area (Å²) >= 11 is 0. The first-order valence-electron chi connectivity index (χ1n) is 9.08. The smallest absolute Gasteiger partial charge is 0.269 e. The van der Waals surface area contributed by atoms with Gasteiger partial charge in [-0.15, -0.1) is 0 Å². The van der Waals surface area contributed by atoms with Crippen molar-refractivity contribution in [3.8, 4) is 0 Å². The Balaban J connectivity index is 1.56. The summed E-state index contributed by atoms with van der Waals surface area (Å²) in [5.74, 6) is -0.0593. The molecular weight excluding hydrogens is 320 g/mol. The van der Waals surface area contributed by atoms with E-state index in [1.165, 1.54) is 44.5 Å². The predicted octanol–water partition coefficient (Wildman–Crippen LogP) is 2.48. The van der Waals surface area contributed by atoms with Gasteiger partial charge in [0.25, 0.3) is 5.69 Å². The third kappa shape index (κ3) is 4.35. The molecular formula is C18H26N4O3. The molecule has 25 heavy (non-hydrogen) atoms. The molecule has 0 spiro atoms. The van der Waals surface area contributed by atoms with Crippen molar-refractivity contribution < 1.29 is 9.72 Å². The van der Waals surface area contributed by atoms with E-state index in [2.05, 4.69) is 15.1 Å². The second-order valence-electron chi connectivity index (χ2n) is 7.00. The quantitative estimate of drug-likeness (QED) is 0.654. The van der Waals surface area contributed by atoms with E-state index in [-0.39, 0.29) is 17.6 Å². The highest BCUT2D eigenvalue weighted by atomic mass is 16.6. The predicted molar refractivity (Wildman–Crippen MR) is 96.6 cm³/mol. The number of nitrogens with one attached hydrogen (secondary N) is 1. The Hall–Kier alpha value is -1.99. The van der Waals surface area contributed by atoms with Gasteiger partial charge in [-0.3, -0.25) is 24.7 Å². The molecule has 2 aliphatic rings. The summed E-state index contributed by atoms with van der Waals surface area (Å²) in [6, 6.07) is 6.32. The lowest BCUT2D eigenvalue weighted by Crippen LogP contribution is -2.52. The van der Waals surface area contributed by atoms with Gasteiger partial charge in [0.15, 0.2) is 0 Å². The van der Waals surface area contributed by atoms with Crippen LogP contribution in [-0.4, -0.2) is 58.9 Å². The van der Waals surface area contributed by atoms with Crippen LogP contribution in [0, 0.1) is 10.1 Å². The van der Waals surface area contributed by atoms with Crippen molar-refractivity contribution in [1.82, 2.24) is 9.80 Å². The van der Waals surface area contributed by atoms with Gasteiger partial charge in [0.1, 0.15) is 0 Å². The number of hydrogen-bond acceptors (Lipinski definition) is 5. The van der Waals surface area contributed by atoms with Crippen LogP contribution in [0.15, 0.2) is 24.3 Å². The minimum Gasteiger partial charge on any atom is -0.325 e. The fourth-order valence-corrected chi connectivity index (χ4v) is 3.82. The molecule has 7 heteroatoms. The van der Waals surface area contributed by atoms with Gasteiger partial charge in [0.2, 0.25) is 5.91 Å². The van der Waals surface area contributed by atoms with Crippen molar-refractivity contribution in [2.45, 2.75) is 44.7 Å². The Bertz CT molecular complexity index is 613. The Morgan fingerprint density at radius 2 is 1.88 bits per heavy atom. The van der Waals surface area contributed by atoms with Gasteiger partial charge < -0.3 is 5.32 Å². The average molecular weight is 346 g/mol. The molecule has 7 nitrogen and oxygen atoms in total. The molecule has 0 radical (unpaired) electrons. The highest BCUT2D eigenvalue weighted by Crippen LogP contribution is 2.22. The zero-order valence-corrected chi connectivity index (χ0v) is 14.7. The fraction of sp³-hybridized carbons (Fsp3) is 0.611. The van der Waals surface area contributed by atoms with Gasteiger partial charge in [-0.1, -0.05) is 0 Å². The maximum absolute atomic E-state index is 12.6. The third-order valence-electron chi connectivity index (χ3n) is 5.36. The van der Waals surface area contributed by atoms with Crippen molar-refractivity contribution in [3.63, 3.8) is 0 Å². The van der Waals surface area contributed by atoms with Gasteiger partial charge in [-0.25, -0.2) is 0 Å². The van der Waals surface area contributed by atoms with Gasteiger partial charge >= 0.3 is 0 Å². The topological polar surface area (TPSA) is 78.7 Å². The lowest BCUT2D eigenvalue weighted by Gasteiger charge is -2.39. The second-order valence-corrected chi connectivity index (χ2v) is 7.00. The molecule has 3 rings (SSSR count). The van der Waals surface area contributed by atoms with Gasteiger partial charge in [-0.2, -0.15) is 0 Å². The van der Waals surface area contributed by atoms with Crippen molar-refractivity contribution in [1.29, 1.82) is 0 Å². The molecule has 0 saturated carbocycles. The highest BCUT2D eigenvalue weighted by Gasteiger charge is 2.31. The molecule has 0 aliphatic carbocycles. The molecule has 1 aromatic rings. The molecule has 2 heterocycles. The third-order valence-corrected chi connectivity index (χ3v) is 5.36. The summed E-state index contributed by atoms with van der Waals surface area (Å²) in [6.45, 7) is 6.19. The van der Waals surface area contributed by atoms with E-state index in [1.807, 2.05) is 6.92 Å². The second kappa shape index (κ2) is 7.93. The number of non-ortho nitro benzene ring substituents is 1. The molecule has 1 aromatic carbocycles. The molecule has 2 saturated heterocycles. The van der Waals surface area contributed by atoms with E-state index in [9.17, 15) is 14.9 Å². The number of nitro benzene ring substituents is 1. The maximum atomic E-state index is 12.6. The van der Waals surface area contributed by atoms with Crippen LogP contribution in [-0.2, 0) is 4.79 Å². The molecule has 1 amide bonds. The average Bonchev–Trinajstić information content (AvgIpc) is 3.16. The summed E-state index contributed by atoms with van der Waals surface area (Å²) < 4.78 is 0. The van der Waals surface area contributed by atoms with Crippen LogP contribution in [0.2, 0.25) is 0 Å². The lowest BCUT2D eigenvalue weighted by molar-refractivity contribution is -0.384. The number of carbonyl (C=O) groups is 1. The van der Waals surface area contributed by atoms with E-state index in [4.69, 9.17) is 0 Å². The number of hydrogen-bond donors (Lipinski definition) is 1. The van der Waals surface area contributed by atoms with Crippen LogP contribution in [0.3, 0.4) is 0 Å². The molecule has 0 bridgehead atoms. The summed E-state index contributed by atoms with van der Waals surface area (Å²) in [5, 5.41) is 13.6. The molecule has 0 unspecified atom stereocenters. The van der Waals surface area contributed by atoms with E-state index < -0.39 is 4.92 Å². The Morgan fingerprint density at radius 3 is 2.52 bits per heavy atom. The van der Waals surface area contributed by atoms with E-state index in [1.54, 1.807) is 12.1 Å². The Kier molecular flexibility index (Phi) is 5.65.